The van der Waals surface area contributed by atoms with Crippen LogP contribution in [0, 0.1) is 5.82 Å². The van der Waals surface area contributed by atoms with E-state index in [1.165, 1.54) is 18.9 Å². The van der Waals surface area contributed by atoms with Crippen LogP contribution in [0.4, 0.5) is 4.39 Å². The molecule has 0 spiro atoms. The van der Waals surface area contributed by atoms with Crippen LogP contribution in [0.15, 0.2) is 48.5 Å². The van der Waals surface area contributed by atoms with E-state index in [0.717, 1.165) is 29.1 Å². The summed E-state index contributed by atoms with van der Waals surface area (Å²) < 4.78 is 13.4. The summed E-state index contributed by atoms with van der Waals surface area (Å²) in [6.45, 7) is 0.880. The smallest absolute Gasteiger partial charge is 0.123 e. The van der Waals surface area contributed by atoms with Gasteiger partial charge in [0.15, 0.2) is 0 Å². The van der Waals surface area contributed by atoms with Gasteiger partial charge in [0.1, 0.15) is 5.82 Å². The maximum absolute atomic E-state index is 13.4. The van der Waals surface area contributed by atoms with Gasteiger partial charge < -0.3 is 5.32 Å². The van der Waals surface area contributed by atoms with Gasteiger partial charge in [-0.25, -0.2) is 4.39 Å². The Kier molecular flexibility index (Phi) is 4.57. The van der Waals surface area contributed by atoms with Crippen LogP contribution in [-0.4, -0.2) is 12.6 Å². The Labute approximate surface area is 130 Å². The van der Waals surface area contributed by atoms with E-state index in [9.17, 15) is 4.39 Å². The standard InChI is InChI=1S/C18H19ClFN/c19-18-7-2-1-6-17(18)14(12-21-16-8-9-16)10-13-4-3-5-15(20)11-13/h1-7,11,14,16,21H,8-10,12H2. The Morgan fingerprint density at radius 3 is 2.67 bits per heavy atom. The minimum absolute atomic E-state index is 0.180. The number of nitrogens with one attached hydrogen (secondary N) is 1. The van der Waals surface area contributed by atoms with Crippen molar-refractivity contribution in [3.05, 3.63) is 70.5 Å². The maximum atomic E-state index is 13.4. The minimum Gasteiger partial charge on any atom is -0.313 e. The molecule has 1 saturated carbocycles. The van der Waals surface area contributed by atoms with Crippen molar-refractivity contribution in [2.45, 2.75) is 31.2 Å². The van der Waals surface area contributed by atoms with Crippen LogP contribution in [-0.2, 0) is 6.42 Å². The van der Waals surface area contributed by atoms with Gasteiger partial charge in [-0.1, -0.05) is 41.9 Å². The molecule has 0 bridgehead atoms. The molecule has 2 aromatic rings. The topological polar surface area (TPSA) is 12.0 Å². The number of hydrogen-bond acceptors (Lipinski definition) is 1. The SMILES string of the molecule is Fc1cccc(CC(CNC2CC2)c2ccccc2Cl)c1. The fourth-order valence-electron chi connectivity index (χ4n) is 2.64. The highest BCUT2D eigenvalue weighted by Gasteiger charge is 2.23. The molecular formula is C18H19ClFN. The molecule has 0 saturated heterocycles. The Balaban J connectivity index is 1.79. The summed E-state index contributed by atoms with van der Waals surface area (Å²) in [6.07, 6.45) is 3.31. The zero-order valence-corrected chi connectivity index (χ0v) is 12.6. The van der Waals surface area contributed by atoms with Crippen LogP contribution >= 0.6 is 11.6 Å². The summed E-state index contributed by atoms with van der Waals surface area (Å²) >= 11 is 6.35. The zero-order chi connectivity index (χ0) is 14.7. The number of benzene rings is 2. The lowest BCUT2D eigenvalue weighted by molar-refractivity contribution is 0.573. The van der Waals surface area contributed by atoms with Gasteiger partial charge in [-0.3, -0.25) is 0 Å². The molecule has 1 fully saturated rings. The molecule has 0 aliphatic heterocycles. The lowest BCUT2D eigenvalue weighted by Crippen LogP contribution is -2.25. The van der Waals surface area contributed by atoms with Crippen LogP contribution in [0.5, 0.6) is 0 Å². The molecule has 3 heteroatoms. The molecular weight excluding hydrogens is 285 g/mol. The summed E-state index contributed by atoms with van der Waals surface area (Å²) in [6, 6.07) is 15.4. The van der Waals surface area contributed by atoms with Gasteiger partial charge in [-0.15, -0.1) is 0 Å². The molecule has 1 unspecified atom stereocenters. The van der Waals surface area contributed by atoms with Gasteiger partial charge in [-0.2, -0.15) is 0 Å². The second kappa shape index (κ2) is 6.59. The first kappa shape index (κ1) is 14.6. The first-order valence-corrected chi connectivity index (χ1v) is 7.82. The normalized spacial score (nSPS) is 15.9. The van der Waals surface area contributed by atoms with E-state index in [0.29, 0.717) is 6.04 Å². The summed E-state index contributed by atoms with van der Waals surface area (Å²) in [4.78, 5) is 0. The van der Waals surface area contributed by atoms with E-state index in [1.807, 2.05) is 24.3 Å². The molecule has 0 radical (unpaired) electrons. The van der Waals surface area contributed by atoms with Gasteiger partial charge in [0.2, 0.25) is 0 Å². The van der Waals surface area contributed by atoms with Crippen molar-refractivity contribution >= 4 is 11.6 Å². The fraction of sp³-hybridized carbons (Fsp3) is 0.333. The Bertz CT molecular complexity index is 610. The predicted molar refractivity (Wildman–Crippen MR) is 85.3 cm³/mol. The zero-order valence-electron chi connectivity index (χ0n) is 11.9. The van der Waals surface area contributed by atoms with E-state index in [4.69, 9.17) is 11.6 Å². The van der Waals surface area contributed by atoms with Crippen molar-refractivity contribution in [2.75, 3.05) is 6.54 Å². The number of halogens is 2. The highest BCUT2D eigenvalue weighted by atomic mass is 35.5. The van der Waals surface area contributed by atoms with E-state index in [2.05, 4.69) is 11.4 Å². The largest absolute Gasteiger partial charge is 0.313 e. The van der Waals surface area contributed by atoms with Gasteiger partial charge in [0.05, 0.1) is 0 Å². The second-order valence-corrected chi connectivity index (χ2v) is 6.14. The highest BCUT2D eigenvalue weighted by Crippen LogP contribution is 2.28. The molecule has 1 N–H and O–H groups in total. The third-order valence-corrected chi connectivity index (χ3v) is 4.29. The summed E-state index contributed by atoms with van der Waals surface area (Å²) in [5.74, 6) is 0.0849. The highest BCUT2D eigenvalue weighted by molar-refractivity contribution is 6.31. The Morgan fingerprint density at radius 1 is 1.14 bits per heavy atom. The van der Waals surface area contributed by atoms with Gasteiger partial charge in [-0.05, 0) is 48.6 Å². The monoisotopic (exact) mass is 303 g/mol. The van der Waals surface area contributed by atoms with Crippen LogP contribution in [0.1, 0.15) is 29.9 Å². The quantitative estimate of drug-likeness (QED) is 0.825. The molecule has 110 valence electrons. The van der Waals surface area contributed by atoms with Crippen molar-refractivity contribution in [3.8, 4) is 0 Å². The maximum Gasteiger partial charge on any atom is 0.123 e. The number of rotatable bonds is 6. The molecule has 2 aromatic carbocycles. The summed E-state index contributed by atoms with van der Waals surface area (Å²) in [5, 5.41) is 4.35. The molecule has 1 atom stereocenters. The minimum atomic E-state index is -0.180. The lowest BCUT2D eigenvalue weighted by atomic mass is 9.91. The molecule has 1 aliphatic carbocycles. The molecule has 1 aliphatic rings. The predicted octanol–water partition coefficient (Wildman–Crippen LogP) is 4.56. The van der Waals surface area contributed by atoms with E-state index >= 15 is 0 Å². The molecule has 3 rings (SSSR count). The van der Waals surface area contributed by atoms with Crippen molar-refractivity contribution in [3.63, 3.8) is 0 Å². The van der Waals surface area contributed by atoms with E-state index in [1.54, 1.807) is 12.1 Å². The van der Waals surface area contributed by atoms with Crippen molar-refractivity contribution < 1.29 is 4.39 Å². The van der Waals surface area contributed by atoms with E-state index < -0.39 is 0 Å². The first-order valence-electron chi connectivity index (χ1n) is 7.44. The van der Waals surface area contributed by atoms with E-state index in [-0.39, 0.29) is 11.7 Å². The Morgan fingerprint density at radius 2 is 1.95 bits per heavy atom. The van der Waals surface area contributed by atoms with Crippen molar-refractivity contribution in [1.29, 1.82) is 0 Å². The third kappa shape index (κ3) is 4.05. The second-order valence-electron chi connectivity index (χ2n) is 5.74. The number of hydrogen-bond donors (Lipinski definition) is 1. The van der Waals surface area contributed by atoms with Crippen molar-refractivity contribution in [2.24, 2.45) is 0 Å². The molecule has 1 nitrogen and oxygen atoms in total. The Hall–Kier alpha value is -1.38. The average Bonchev–Trinajstić information content (AvgIpc) is 3.28. The molecule has 21 heavy (non-hydrogen) atoms. The van der Waals surface area contributed by atoms with Crippen LogP contribution in [0.2, 0.25) is 5.02 Å². The van der Waals surface area contributed by atoms with Gasteiger partial charge >= 0.3 is 0 Å². The molecule has 0 heterocycles. The molecule has 0 aromatic heterocycles. The van der Waals surface area contributed by atoms with Gasteiger partial charge in [0.25, 0.3) is 0 Å². The lowest BCUT2D eigenvalue weighted by Gasteiger charge is -2.19. The summed E-state index contributed by atoms with van der Waals surface area (Å²) in [7, 11) is 0. The van der Waals surface area contributed by atoms with Crippen LogP contribution < -0.4 is 5.32 Å². The first-order chi connectivity index (χ1) is 10.2. The third-order valence-electron chi connectivity index (χ3n) is 3.95. The average molecular weight is 304 g/mol. The summed E-state index contributed by atoms with van der Waals surface area (Å²) in [5.41, 5.74) is 2.15. The van der Waals surface area contributed by atoms with Crippen LogP contribution in [0.25, 0.3) is 0 Å². The van der Waals surface area contributed by atoms with Crippen molar-refractivity contribution in [1.82, 2.24) is 5.32 Å². The molecule has 0 amide bonds. The van der Waals surface area contributed by atoms with Crippen LogP contribution in [0.3, 0.4) is 0 Å². The fourth-order valence-corrected chi connectivity index (χ4v) is 2.93. The van der Waals surface area contributed by atoms with Gasteiger partial charge in [0, 0.05) is 23.5 Å².